The summed E-state index contributed by atoms with van der Waals surface area (Å²) in [4.78, 5) is 10.1. The van der Waals surface area contributed by atoms with Crippen LogP contribution in [0.1, 0.15) is 27.2 Å². The van der Waals surface area contributed by atoms with Crippen LogP contribution in [0.2, 0.25) is 0 Å². The molecule has 2 heteroatoms. The summed E-state index contributed by atoms with van der Waals surface area (Å²) >= 11 is 0. The Morgan fingerprint density at radius 3 is 2.67 bits per heavy atom. The lowest BCUT2D eigenvalue weighted by atomic mass is 10.1. The van der Waals surface area contributed by atoms with Gasteiger partial charge in [-0.3, -0.25) is 4.79 Å². The number of allylic oxidation sites excluding steroid dienone is 1. The Morgan fingerprint density at radius 2 is 2.17 bits per heavy atom. The summed E-state index contributed by atoms with van der Waals surface area (Å²) in [6.07, 6.45) is 5.41. The Balaban J connectivity index is 2.48. The van der Waals surface area contributed by atoms with E-state index in [2.05, 4.69) is 32.9 Å². The molecule has 0 aromatic carbocycles. The predicted octanol–water partition coefficient (Wildman–Crippen LogP) is 2.15. The molecule has 68 valence electrons. The molecule has 0 aromatic rings. The molecule has 0 radical (unpaired) electrons. The molecule has 0 amide bonds. The van der Waals surface area contributed by atoms with Gasteiger partial charge in [-0.25, -0.2) is 0 Å². The minimum Gasteiger partial charge on any atom is -0.463 e. The Bertz CT molecular complexity index is 194. The maximum absolute atomic E-state index is 10.1. The minimum atomic E-state index is 0.0952. The third-order valence-electron chi connectivity index (χ3n) is 2.59. The third kappa shape index (κ3) is 1.52. The zero-order chi connectivity index (χ0) is 9.19. The van der Waals surface area contributed by atoms with E-state index in [0.29, 0.717) is 12.4 Å². The highest BCUT2D eigenvalue weighted by Crippen LogP contribution is 2.54. The number of carbonyl (C=O) groups is 1. The molecule has 0 aliphatic heterocycles. The number of rotatable bonds is 4. The number of hydrogen-bond donors (Lipinski definition) is 0. The van der Waals surface area contributed by atoms with Crippen molar-refractivity contribution in [3.8, 4) is 0 Å². The van der Waals surface area contributed by atoms with Gasteiger partial charge in [-0.15, -0.1) is 0 Å². The first-order valence-electron chi connectivity index (χ1n) is 4.40. The summed E-state index contributed by atoms with van der Waals surface area (Å²) in [5.74, 6) is 0.419. The summed E-state index contributed by atoms with van der Waals surface area (Å²) in [6, 6.07) is 0. The van der Waals surface area contributed by atoms with Gasteiger partial charge in [0.1, 0.15) is 6.10 Å². The molecule has 0 saturated heterocycles. The average molecular weight is 168 g/mol. The van der Waals surface area contributed by atoms with E-state index in [1.807, 2.05) is 0 Å². The molecule has 2 unspecified atom stereocenters. The monoisotopic (exact) mass is 168 g/mol. The Hall–Kier alpha value is -0.790. The first kappa shape index (κ1) is 9.30. The van der Waals surface area contributed by atoms with Crippen molar-refractivity contribution in [3.63, 3.8) is 0 Å². The third-order valence-corrected chi connectivity index (χ3v) is 2.59. The number of hydrogen-bond acceptors (Lipinski definition) is 2. The van der Waals surface area contributed by atoms with Crippen molar-refractivity contribution in [1.82, 2.24) is 0 Å². The van der Waals surface area contributed by atoms with Crippen molar-refractivity contribution in [2.24, 2.45) is 11.3 Å². The molecule has 1 fully saturated rings. The zero-order valence-corrected chi connectivity index (χ0v) is 7.91. The van der Waals surface area contributed by atoms with E-state index in [4.69, 9.17) is 4.74 Å². The molecule has 1 saturated carbocycles. The second-order valence-electron chi connectivity index (χ2n) is 3.84. The fourth-order valence-electron chi connectivity index (χ4n) is 1.58. The van der Waals surface area contributed by atoms with E-state index in [1.54, 1.807) is 0 Å². The predicted molar refractivity (Wildman–Crippen MR) is 47.6 cm³/mol. The SMILES string of the molecule is CCC=CC1C(OC=O)C1(C)C. The summed E-state index contributed by atoms with van der Waals surface area (Å²) < 4.78 is 4.95. The van der Waals surface area contributed by atoms with Crippen molar-refractivity contribution in [1.29, 1.82) is 0 Å². The van der Waals surface area contributed by atoms with Crippen LogP contribution in [-0.4, -0.2) is 12.6 Å². The topological polar surface area (TPSA) is 26.3 Å². The number of ether oxygens (including phenoxy) is 1. The van der Waals surface area contributed by atoms with Crippen molar-refractivity contribution in [2.45, 2.75) is 33.3 Å². The lowest BCUT2D eigenvalue weighted by Crippen LogP contribution is -1.98. The van der Waals surface area contributed by atoms with E-state index in [1.165, 1.54) is 0 Å². The lowest BCUT2D eigenvalue weighted by Gasteiger charge is -1.97. The van der Waals surface area contributed by atoms with Gasteiger partial charge in [-0.05, 0) is 6.42 Å². The van der Waals surface area contributed by atoms with E-state index in [-0.39, 0.29) is 11.5 Å². The standard InChI is InChI=1S/C10H16O2/c1-4-5-6-8-9(12-7-11)10(8,2)3/h5-9H,4H2,1-3H3. The van der Waals surface area contributed by atoms with Crippen LogP contribution in [0.3, 0.4) is 0 Å². The van der Waals surface area contributed by atoms with E-state index < -0.39 is 0 Å². The van der Waals surface area contributed by atoms with Crippen LogP contribution >= 0.6 is 0 Å². The minimum absolute atomic E-state index is 0.0952. The first-order chi connectivity index (χ1) is 5.64. The fourth-order valence-corrected chi connectivity index (χ4v) is 1.58. The van der Waals surface area contributed by atoms with Crippen LogP contribution in [0.25, 0.3) is 0 Å². The molecule has 0 N–H and O–H groups in total. The van der Waals surface area contributed by atoms with Crippen LogP contribution in [0, 0.1) is 11.3 Å². The number of carbonyl (C=O) groups excluding carboxylic acids is 1. The second-order valence-corrected chi connectivity index (χ2v) is 3.84. The van der Waals surface area contributed by atoms with Crippen molar-refractivity contribution in [3.05, 3.63) is 12.2 Å². The molecule has 1 aliphatic carbocycles. The molecular weight excluding hydrogens is 152 g/mol. The van der Waals surface area contributed by atoms with Crippen molar-refractivity contribution >= 4 is 6.47 Å². The van der Waals surface area contributed by atoms with Gasteiger partial charge in [0.15, 0.2) is 0 Å². The second kappa shape index (κ2) is 3.30. The normalized spacial score (nSPS) is 31.9. The summed E-state index contributed by atoms with van der Waals surface area (Å²) in [5, 5.41) is 0. The average Bonchev–Trinajstić information content (AvgIpc) is 2.51. The van der Waals surface area contributed by atoms with Crippen molar-refractivity contribution < 1.29 is 9.53 Å². The Labute approximate surface area is 73.6 Å². The van der Waals surface area contributed by atoms with Crippen LogP contribution in [0.4, 0.5) is 0 Å². The molecule has 2 nitrogen and oxygen atoms in total. The quantitative estimate of drug-likeness (QED) is 0.475. The molecule has 0 spiro atoms. The maximum Gasteiger partial charge on any atom is 0.293 e. The molecule has 0 bridgehead atoms. The van der Waals surface area contributed by atoms with E-state index >= 15 is 0 Å². The van der Waals surface area contributed by atoms with Crippen molar-refractivity contribution in [2.75, 3.05) is 0 Å². The van der Waals surface area contributed by atoms with Gasteiger partial charge >= 0.3 is 0 Å². The summed E-state index contributed by atoms with van der Waals surface area (Å²) in [6.45, 7) is 6.88. The Kier molecular flexibility index (Phi) is 2.55. The van der Waals surface area contributed by atoms with E-state index in [9.17, 15) is 4.79 Å². The van der Waals surface area contributed by atoms with Gasteiger partial charge in [0, 0.05) is 11.3 Å². The smallest absolute Gasteiger partial charge is 0.293 e. The van der Waals surface area contributed by atoms with Gasteiger partial charge in [-0.2, -0.15) is 0 Å². The molecule has 0 heterocycles. The summed E-state index contributed by atoms with van der Waals surface area (Å²) in [5.41, 5.74) is 0.145. The van der Waals surface area contributed by atoms with Gasteiger partial charge in [0.2, 0.25) is 0 Å². The van der Waals surface area contributed by atoms with Gasteiger partial charge in [0.05, 0.1) is 0 Å². The van der Waals surface area contributed by atoms with Gasteiger partial charge < -0.3 is 4.74 Å². The highest BCUT2D eigenvalue weighted by Gasteiger charge is 2.58. The van der Waals surface area contributed by atoms with Crippen LogP contribution in [-0.2, 0) is 9.53 Å². The molecule has 0 aromatic heterocycles. The zero-order valence-electron chi connectivity index (χ0n) is 7.91. The highest BCUT2D eigenvalue weighted by molar-refractivity contribution is 5.40. The summed E-state index contributed by atoms with van der Waals surface area (Å²) in [7, 11) is 0. The Morgan fingerprint density at radius 1 is 1.50 bits per heavy atom. The molecule has 2 atom stereocenters. The largest absolute Gasteiger partial charge is 0.463 e. The highest BCUT2D eigenvalue weighted by atomic mass is 16.5. The molecule has 12 heavy (non-hydrogen) atoms. The lowest BCUT2D eigenvalue weighted by molar-refractivity contribution is -0.130. The molecular formula is C10H16O2. The van der Waals surface area contributed by atoms with Crippen LogP contribution in [0.5, 0.6) is 0 Å². The van der Waals surface area contributed by atoms with Crippen LogP contribution in [0.15, 0.2) is 12.2 Å². The maximum atomic E-state index is 10.1. The van der Waals surface area contributed by atoms with E-state index in [0.717, 1.165) is 6.42 Å². The molecule has 1 aliphatic rings. The molecule has 1 rings (SSSR count). The first-order valence-corrected chi connectivity index (χ1v) is 4.40. The fraction of sp³-hybridized carbons (Fsp3) is 0.700. The van der Waals surface area contributed by atoms with Gasteiger partial charge in [0.25, 0.3) is 6.47 Å². The van der Waals surface area contributed by atoms with Crippen LogP contribution < -0.4 is 0 Å². The van der Waals surface area contributed by atoms with Gasteiger partial charge in [-0.1, -0.05) is 32.9 Å².